The molecule has 1 heterocycles. The molecule has 0 aliphatic rings. The van der Waals surface area contributed by atoms with Gasteiger partial charge in [-0.3, -0.25) is 4.68 Å². The van der Waals surface area contributed by atoms with Crippen molar-refractivity contribution in [2.45, 2.75) is 19.4 Å². The lowest BCUT2D eigenvalue weighted by Crippen LogP contribution is -2.35. The normalized spacial score (nSPS) is 13.5. The van der Waals surface area contributed by atoms with Gasteiger partial charge < -0.3 is 10.6 Å². The van der Waals surface area contributed by atoms with Crippen molar-refractivity contribution in [1.29, 1.82) is 0 Å². The van der Waals surface area contributed by atoms with Crippen molar-refractivity contribution >= 4 is 11.6 Å². The van der Waals surface area contributed by atoms with Gasteiger partial charge in [0.15, 0.2) is 0 Å². The average molecular weight is 231 g/mol. The molecular formula is C10H19ClN4. The zero-order valence-electron chi connectivity index (χ0n) is 9.79. The van der Waals surface area contributed by atoms with Gasteiger partial charge in [0.2, 0.25) is 0 Å². The first-order valence-corrected chi connectivity index (χ1v) is 5.38. The number of aryl methyl sites for hydroxylation is 2. The summed E-state index contributed by atoms with van der Waals surface area (Å²) >= 11 is 6.13. The molecule has 15 heavy (non-hydrogen) atoms. The molecule has 0 amide bonds. The SMILES string of the molecule is Cc1nn(C)c(Cl)c1CC(N)CN(C)C. The monoisotopic (exact) mass is 230 g/mol. The first kappa shape index (κ1) is 12.5. The van der Waals surface area contributed by atoms with Crippen molar-refractivity contribution in [3.8, 4) is 0 Å². The predicted molar refractivity (Wildman–Crippen MR) is 63.2 cm³/mol. The molecule has 86 valence electrons. The van der Waals surface area contributed by atoms with Crippen LogP contribution >= 0.6 is 11.6 Å². The van der Waals surface area contributed by atoms with Gasteiger partial charge in [-0.05, 0) is 27.4 Å². The summed E-state index contributed by atoms with van der Waals surface area (Å²) in [5.41, 5.74) is 8.05. The molecule has 0 aromatic carbocycles. The molecule has 1 rings (SSSR count). The number of nitrogens with two attached hydrogens (primary N) is 1. The number of likely N-dealkylation sites (N-methyl/N-ethyl adjacent to an activating group) is 1. The van der Waals surface area contributed by atoms with E-state index in [9.17, 15) is 0 Å². The van der Waals surface area contributed by atoms with Crippen molar-refractivity contribution in [2.75, 3.05) is 20.6 Å². The minimum atomic E-state index is 0.0976. The fraction of sp³-hybridized carbons (Fsp3) is 0.700. The van der Waals surface area contributed by atoms with E-state index in [1.165, 1.54) is 0 Å². The first-order valence-electron chi connectivity index (χ1n) is 5.00. The van der Waals surface area contributed by atoms with E-state index in [-0.39, 0.29) is 6.04 Å². The lowest BCUT2D eigenvalue weighted by atomic mass is 10.1. The van der Waals surface area contributed by atoms with Gasteiger partial charge in [0.1, 0.15) is 5.15 Å². The van der Waals surface area contributed by atoms with Crippen molar-refractivity contribution < 1.29 is 0 Å². The van der Waals surface area contributed by atoms with Crippen LogP contribution in [-0.2, 0) is 13.5 Å². The van der Waals surface area contributed by atoms with Gasteiger partial charge in [-0.15, -0.1) is 0 Å². The quantitative estimate of drug-likeness (QED) is 0.833. The Hall–Kier alpha value is -0.580. The standard InChI is InChI=1S/C10H19ClN4/c1-7-9(10(11)15(4)13-7)5-8(12)6-14(2)3/h8H,5-6,12H2,1-4H3. The van der Waals surface area contributed by atoms with Crippen LogP contribution < -0.4 is 5.73 Å². The maximum Gasteiger partial charge on any atom is 0.130 e. The van der Waals surface area contributed by atoms with E-state index in [4.69, 9.17) is 17.3 Å². The molecule has 1 aromatic rings. The van der Waals surface area contributed by atoms with Crippen molar-refractivity contribution in [1.82, 2.24) is 14.7 Å². The van der Waals surface area contributed by atoms with Crippen LogP contribution in [0.3, 0.4) is 0 Å². The van der Waals surface area contributed by atoms with Gasteiger partial charge in [-0.1, -0.05) is 11.6 Å². The number of nitrogens with zero attached hydrogens (tertiary/aromatic N) is 3. The summed E-state index contributed by atoms with van der Waals surface area (Å²) in [7, 11) is 5.87. The van der Waals surface area contributed by atoms with Crippen molar-refractivity contribution in [3.63, 3.8) is 0 Å². The second kappa shape index (κ2) is 4.96. The van der Waals surface area contributed by atoms with Crippen LogP contribution in [0.15, 0.2) is 0 Å². The highest BCUT2D eigenvalue weighted by Gasteiger charge is 2.14. The lowest BCUT2D eigenvalue weighted by Gasteiger charge is -2.16. The molecule has 0 aliphatic carbocycles. The minimum Gasteiger partial charge on any atom is -0.326 e. The summed E-state index contributed by atoms with van der Waals surface area (Å²) in [5.74, 6) is 0. The minimum absolute atomic E-state index is 0.0976. The number of hydrogen-bond donors (Lipinski definition) is 1. The van der Waals surface area contributed by atoms with E-state index in [0.717, 1.165) is 24.2 Å². The Morgan fingerprint density at radius 3 is 2.53 bits per heavy atom. The van der Waals surface area contributed by atoms with Crippen LogP contribution in [0.1, 0.15) is 11.3 Å². The molecule has 5 heteroatoms. The van der Waals surface area contributed by atoms with Crippen LogP contribution in [-0.4, -0.2) is 41.4 Å². The third kappa shape index (κ3) is 3.19. The molecule has 0 fully saturated rings. The van der Waals surface area contributed by atoms with E-state index in [0.29, 0.717) is 5.15 Å². The molecule has 1 unspecified atom stereocenters. The number of hydrogen-bond acceptors (Lipinski definition) is 3. The maximum atomic E-state index is 6.13. The topological polar surface area (TPSA) is 47.1 Å². The van der Waals surface area contributed by atoms with Gasteiger partial charge in [0, 0.05) is 25.2 Å². The summed E-state index contributed by atoms with van der Waals surface area (Å²) in [4.78, 5) is 2.07. The van der Waals surface area contributed by atoms with E-state index in [1.54, 1.807) is 4.68 Å². The molecule has 0 bridgehead atoms. The van der Waals surface area contributed by atoms with Gasteiger partial charge in [0.25, 0.3) is 0 Å². The highest BCUT2D eigenvalue weighted by Crippen LogP contribution is 2.19. The zero-order chi connectivity index (χ0) is 11.6. The Labute approximate surface area is 96.0 Å². The second-order valence-electron chi connectivity index (χ2n) is 4.20. The highest BCUT2D eigenvalue weighted by atomic mass is 35.5. The van der Waals surface area contributed by atoms with Crippen LogP contribution in [0.2, 0.25) is 5.15 Å². The highest BCUT2D eigenvalue weighted by molar-refractivity contribution is 6.30. The van der Waals surface area contributed by atoms with Crippen LogP contribution in [0, 0.1) is 6.92 Å². The largest absolute Gasteiger partial charge is 0.326 e. The summed E-state index contributed by atoms with van der Waals surface area (Å²) in [6.07, 6.45) is 0.774. The molecule has 0 spiro atoms. The maximum absolute atomic E-state index is 6.13. The summed E-state index contributed by atoms with van der Waals surface area (Å²) in [6.45, 7) is 2.81. The van der Waals surface area contributed by atoms with E-state index < -0.39 is 0 Å². The zero-order valence-corrected chi connectivity index (χ0v) is 10.5. The molecule has 1 atom stereocenters. The van der Waals surface area contributed by atoms with E-state index >= 15 is 0 Å². The molecular weight excluding hydrogens is 212 g/mol. The Morgan fingerprint density at radius 2 is 2.13 bits per heavy atom. The van der Waals surface area contributed by atoms with Gasteiger partial charge in [0.05, 0.1) is 5.69 Å². The Morgan fingerprint density at radius 1 is 1.53 bits per heavy atom. The van der Waals surface area contributed by atoms with Gasteiger partial charge >= 0.3 is 0 Å². The van der Waals surface area contributed by atoms with Gasteiger partial charge in [-0.2, -0.15) is 5.10 Å². The molecule has 0 saturated carbocycles. The van der Waals surface area contributed by atoms with Crippen LogP contribution in [0.5, 0.6) is 0 Å². The van der Waals surface area contributed by atoms with E-state index in [2.05, 4.69) is 10.00 Å². The number of halogens is 1. The summed E-state index contributed by atoms with van der Waals surface area (Å²) in [5, 5.41) is 4.95. The molecule has 0 radical (unpaired) electrons. The molecule has 1 aromatic heterocycles. The third-order valence-corrected chi connectivity index (χ3v) is 2.81. The Balaban J connectivity index is 2.71. The van der Waals surface area contributed by atoms with Crippen molar-refractivity contribution in [3.05, 3.63) is 16.4 Å². The first-order chi connectivity index (χ1) is 6.91. The molecule has 2 N–H and O–H groups in total. The fourth-order valence-electron chi connectivity index (χ4n) is 1.70. The van der Waals surface area contributed by atoms with Gasteiger partial charge in [-0.25, -0.2) is 0 Å². The average Bonchev–Trinajstić information content (AvgIpc) is 2.31. The predicted octanol–water partition coefficient (Wildman–Crippen LogP) is 0.813. The summed E-state index contributed by atoms with van der Waals surface area (Å²) < 4.78 is 1.69. The molecule has 4 nitrogen and oxygen atoms in total. The molecule has 0 aliphatic heterocycles. The third-order valence-electron chi connectivity index (χ3n) is 2.34. The van der Waals surface area contributed by atoms with Crippen LogP contribution in [0.4, 0.5) is 0 Å². The Bertz CT molecular complexity index is 332. The van der Waals surface area contributed by atoms with Crippen molar-refractivity contribution in [2.24, 2.45) is 12.8 Å². The number of aromatic nitrogens is 2. The number of rotatable bonds is 4. The smallest absolute Gasteiger partial charge is 0.130 e. The second-order valence-corrected chi connectivity index (χ2v) is 4.56. The molecule has 0 saturated heterocycles. The lowest BCUT2D eigenvalue weighted by molar-refractivity contribution is 0.371. The van der Waals surface area contributed by atoms with Crippen LogP contribution in [0.25, 0.3) is 0 Å². The fourth-order valence-corrected chi connectivity index (χ4v) is 1.95. The summed E-state index contributed by atoms with van der Waals surface area (Å²) in [6, 6.07) is 0.0976. The van der Waals surface area contributed by atoms with E-state index in [1.807, 2.05) is 28.1 Å². The Kier molecular flexibility index (Phi) is 4.13.